The summed E-state index contributed by atoms with van der Waals surface area (Å²) in [4.78, 5) is 31.4. The van der Waals surface area contributed by atoms with Crippen molar-refractivity contribution in [3.05, 3.63) is 29.8 Å². The lowest BCUT2D eigenvalue weighted by atomic mass is 10.0. The van der Waals surface area contributed by atoms with Crippen LogP contribution in [0.4, 0.5) is 5.69 Å². The van der Waals surface area contributed by atoms with Gasteiger partial charge in [0.05, 0.1) is 13.2 Å². The van der Waals surface area contributed by atoms with Crippen LogP contribution in [0.15, 0.2) is 24.3 Å². The molecule has 7 heteroatoms. The summed E-state index contributed by atoms with van der Waals surface area (Å²) in [5, 5.41) is 3.20. The molecule has 3 heterocycles. The Morgan fingerprint density at radius 1 is 1.11 bits per heavy atom. The molecule has 4 rings (SSSR count). The van der Waals surface area contributed by atoms with Crippen LogP contribution in [-0.4, -0.2) is 86.7 Å². The quantitative estimate of drug-likeness (QED) is 0.815. The Hall–Kier alpha value is -1.96. The number of carbonyl (C=O) groups excluding carboxylic acids is 2. The molecule has 7 nitrogen and oxygen atoms in total. The molecule has 0 spiro atoms. The van der Waals surface area contributed by atoms with Gasteiger partial charge in [0, 0.05) is 51.5 Å². The average molecular weight is 372 g/mol. The maximum Gasteiger partial charge on any atom is 0.253 e. The van der Waals surface area contributed by atoms with Crippen molar-refractivity contribution in [2.45, 2.75) is 18.9 Å². The molecule has 3 aliphatic rings. The number of amides is 2. The fraction of sp³-hybridized carbons (Fsp3) is 0.600. The molecular weight excluding hydrogens is 344 g/mol. The average Bonchev–Trinajstić information content (AvgIpc) is 2.74. The fourth-order valence-electron chi connectivity index (χ4n) is 4.12. The van der Waals surface area contributed by atoms with Crippen molar-refractivity contribution in [1.82, 2.24) is 15.1 Å². The van der Waals surface area contributed by atoms with Crippen molar-refractivity contribution in [3.8, 4) is 0 Å². The molecule has 0 saturated carbocycles. The van der Waals surface area contributed by atoms with Gasteiger partial charge in [0.15, 0.2) is 0 Å². The fourth-order valence-corrected chi connectivity index (χ4v) is 4.12. The number of aryl methyl sites for hydroxylation is 1. The van der Waals surface area contributed by atoms with Crippen LogP contribution >= 0.6 is 0 Å². The molecule has 27 heavy (non-hydrogen) atoms. The smallest absolute Gasteiger partial charge is 0.253 e. The van der Waals surface area contributed by atoms with Gasteiger partial charge in [0.1, 0.15) is 6.10 Å². The van der Waals surface area contributed by atoms with E-state index in [2.05, 4.69) is 16.3 Å². The Bertz CT molecular complexity index is 682. The first kappa shape index (κ1) is 18.4. The Balaban J connectivity index is 1.29. The molecule has 0 radical (unpaired) electrons. The summed E-state index contributed by atoms with van der Waals surface area (Å²) >= 11 is 0. The Kier molecular flexibility index (Phi) is 5.71. The van der Waals surface area contributed by atoms with E-state index in [0.29, 0.717) is 32.8 Å². The third-order valence-electron chi connectivity index (χ3n) is 5.66. The van der Waals surface area contributed by atoms with Crippen LogP contribution in [0.3, 0.4) is 0 Å². The molecule has 3 aliphatic heterocycles. The molecule has 1 aromatic carbocycles. The molecule has 1 aromatic rings. The number of rotatable bonds is 3. The summed E-state index contributed by atoms with van der Waals surface area (Å²) in [6.45, 7) is 5.96. The zero-order valence-corrected chi connectivity index (χ0v) is 15.7. The van der Waals surface area contributed by atoms with Crippen LogP contribution in [0.2, 0.25) is 0 Å². The van der Waals surface area contributed by atoms with Crippen molar-refractivity contribution < 1.29 is 14.3 Å². The second-order valence-corrected chi connectivity index (χ2v) is 7.44. The lowest BCUT2D eigenvalue weighted by molar-refractivity contribution is -0.147. The highest BCUT2D eigenvalue weighted by Gasteiger charge is 2.30. The van der Waals surface area contributed by atoms with Gasteiger partial charge in [0.2, 0.25) is 5.91 Å². The number of piperazine rings is 1. The number of anilines is 1. The minimum Gasteiger partial charge on any atom is -0.366 e. The van der Waals surface area contributed by atoms with E-state index >= 15 is 0 Å². The molecular formula is C20H28N4O3. The molecule has 2 saturated heterocycles. The molecule has 1 unspecified atom stereocenters. The van der Waals surface area contributed by atoms with Gasteiger partial charge in [-0.15, -0.1) is 0 Å². The van der Waals surface area contributed by atoms with E-state index in [4.69, 9.17) is 4.74 Å². The molecule has 146 valence electrons. The van der Waals surface area contributed by atoms with Crippen LogP contribution in [0.25, 0.3) is 0 Å². The standard InChI is InChI=1S/C20H28N4O3/c25-19(24-8-3-5-16-4-1-2-6-17(16)24)15-22-9-11-23(12-10-22)20(26)18-14-21-7-13-27-18/h1-2,4,6,18,21H,3,5,7-15H2. The van der Waals surface area contributed by atoms with Gasteiger partial charge < -0.3 is 19.9 Å². The lowest BCUT2D eigenvalue weighted by Crippen LogP contribution is -2.56. The van der Waals surface area contributed by atoms with Gasteiger partial charge in [-0.1, -0.05) is 18.2 Å². The van der Waals surface area contributed by atoms with E-state index in [-0.39, 0.29) is 17.9 Å². The molecule has 2 fully saturated rings. The van der Waals surface area contributed by atoms with Crippen molar-refractivity contribution in [1.29, 1.82) is 0 Å². The summed E-state index contributed by atoms with van der Waals surface area (Å²) in [7, 11) is 0. The van der Waals surface area contributed by atoms with Crippen molar-refractivity contribution in [2.75, 3.05) is 63.9 Å². The summed E-state index contributed by atoms with van der Waals surface area (Å²) in [6, 6.07) is 8.19. The van der Waals surface area contributed by atoms with E-state index in [0.717, 1.165) is 44.7 Å². The first-order valence-corrected chi connectivity index (χ1v) is 9.94. The van der Waals surface area contributed by atoms with Gasteiger partial charge in [-0.05, 0) is 24.5 Å². The molecule has 1 atom stereocenters. The van der Waals surface area contributed by atoms with Crippen molar-refractivity contribution >= 4 is 17.5 Å². The second kappa shape index (κ2) is 8.37. The summed E-state index contributed by atoms with van der Waals surface area (Å²) in [6.07, 6.45) is 1.69. The number of hydrogen-bond donors (Lipinski definition) is 1. The number of carbonyl (C=O) groups is 2. The second-order valence-electron chi connectivity index (χ2n) is 7.44. The first-order valence-electron chi connectivity index (χ1n) is 9.94. The van der Waals surface area contributed by atoms with Crippen LogP contribution in [-0.2, 0) is 20.7 Å². The maximum absolute atomic E-state index is 12.9. The van der Waals surface area contributed by atoms with Gasteiger partial charge in [-0.25, -0.2) is 0 Å². The third kappa shape index (κ3) is 4.15. The zero-order chi connectivity index (χ0) is 18.6. The molecule has 0 bridgehead atoms. The number of hydrogen-bond acceptors (Lipinski definition) is 5. The monoisotopic (exact) mass is 372 g/mol. The van der Waals surface area contributed by atoms with Gasteiger partial charge in [-0.2, -0.15) is 0 Å². The highest BCUT2D eigenvalue weighted by atomic mass is 16.5. The van der Waals surface area contributed by atoms with E-state index in [1.807, 2.05) is 28.0 Å². The van der Waals surface area contributed by atoms with Crippen LogP contribution < -0.4 is 10.2 Å². The predicted molar refractivity (Wildman–Crippen MR) is 103 cm³/mol. The molecule has 0 aromatic heterocycles. The van der Waals surface area contributed by atoms with E-state index in [9.17, 15) is 9.59 Å². The largest absolute Gasteiger partial charge is 0.366 e. The Morgan fingerprint density at radius 2 is 1.93 bits per heavy atom. The first-order chi connectivity index (χ1) is 13.2. The lowest BCUT2D eigenvalue weighted by Gasteiger charge is -2.38. The van der Waals surface area contributed by atoms with Crippen molar-refractivity contribution in [3.63, 3.8) is 0 Å². The third-order valence-corrected chi connectivity index (χ3v) is 5.66. The minimum absolute atomic E-state index is 0.0677. The predicted octanol–water partition coefficient (Wildman–Crippen LogP) is 0.0984. The van der Waals surface area contributed by atoms with E-state index in [1.165, 1.54) is 5.56 Å². The molecule has 0 aliphatic carbocycles. The summed E-state index contributed by atoms with van der Waals surface area (Å²) in [5.74, 6) is 0.222. The van der Waals surface area contributed by atoms with E-state index < -0.39 is 0 Å². The molecule has 1 N–H and O–H groups in total. The number of ether oxygens (including phenoxy) is 1. The van der Waals surface area contributed by atoms with Crippen LogP contribution in [0.5, 0.6) is 0 Å². The number of benzene rings is 1. The van der Waals surface area contributed by atoms with Crippen LogP contribution in [0.1, 0.15) is 12.0 Å². The van der Waals surface area contributed by atoms with Gasteiger partial charge >= 0.3 is 0 Å². The summed E-state index contributed by atoms with van der Waals surface area (Å²) < 4.78 is 5.57. The number of nitrogens with zero attached hydrogens (tertiary/aromatic N) is 3. The highest BCUT2D eigenvalue weighted by Crippen LogP contribution is 2.26. The number of fused-ring (bicyclic) bond motifs is 1. The normalized spacial score (nSPS) is 23.8. The Labute approximate surface area is 160 Å². The Morgan fingerprint density at radius 3 is 2.70 bits per heavy atom. The van der Waals surface area contributed by atoms with Gasteiger partial charge in [0.25, 0.3) is 5.91 Å². The maximum atomic E-state index is 12.9. The van der Waals surface area contributed by atoms with E-state index in [1.54, 1.807) is 0 Å². The number of morpholine rings is 1. The van der Waals surface area contributed by atoms with Crippen LogP contribution in [0, 0.1) is 0 Å². The topological polar surface area (TPSA) is 65.1 Å². The summed E-state index contributed by atoms with van der Waals surface area (Å²) in [5.41, 5.74) is 2.32. The number of para-hydroxylation sites is 1. The van der Waals surface area contributed by atoms with Crippen molar-refractivity contribution in [2.24, 2.45) is 0 Å². The van der Waals surface area contributed by atoms with Gasteiger partial charge in [-0.3, -0.25) is 14.5 Å². The SMILES string of the molecule is O=C(C1CNCCO1)N1CCN(CC(=O)N2CCCc3ccccc32)CC1. The minimum atomic E-state index is -0.364. The molecule has 2 amide bonds. The number of nitrogens with one attached hydrogen (secondary N) is 1. The highest BCUT2D eigenvalue weighted by molar-refractivity contribution is 5.96. The zero-order valence-electron chi connectivity index (χ0n) is 15.7.